The van der Waals surface area contributed by atoms with Gasteiger partial charge in [-0.25, -0.2) is 9.37 Å². The van der Waals surface area contributed by atoms with Crippen LogP contribution in [0.2, 0.25) is 0 Å². The number of allylic oxidation sites excluding steroid dienone is 2. The lowest BCUT2D eigenvalue weighted by atomic mass is 9.45. The second-order valence-corrected chi connectivity index (χ2v) is 12.6. The summed E-state index contributed by atoms with van der Waals surface area (Å²) in [6.45, 7) is 6.10. The lowest BCUT2D eigenvalue weighted by molar-refractivity contribution is -0.201. The normalized spacial score (nSPS) is 44.0. The Morgan fingerprint density at radius 1 is 1.20 bits per heavy atom. The van der Waals surface area contributed by atoms with Crippen molar-refractivity contribution in [3.05, 3.63) is 47.6 Å². The molecule has 8 atom stereocenters. The number of hydrogen-bond acceptors (Lipinski definition) is 6. The molecule has 0 amide bonds. The predicted octanol–water partition coefficient (Wildman–Crippen LogP) is 5.74. The molecule has 188 valence electrons. The van der Waals surface area contributed by atoms with Gasteiger partial charge in [-0.3, -0.25) is 4.79 Å². The molecule has 0 saturated heterocycles. The lowest BCUT2D eigenvalue weighted by Crippen LogP contribution is -2.67. The van der Waals surface area contributed by atoms with Gasteiger partial charge in [0.15, 0.2) is 11.4 Å². The number of aliphatic hydroxyl groups excluding tert-OH is 1. The number of rotatable bonds is 4. The van der Waals surface area contributed by atoms with Crippen LogP contribution in [0.4, 0.5) is 4.39 Å². The first-order chi connectivity index (χ1) is 16.7. The Morgan fingerprint density at radius 2 is 2.03 bits per heavy atom. The largest absolute Gasteiger partial charge is 0.454 e. The van der Waals surface area contributed by atoms with Crippen molar-refractivity contribution in [2.75, 3.05) is 0 Å². The number of alkyl halides is 1. The Bertz CT molecular complexity index is 1110. The van der Waals surface area contributed by atoms with Crippen molar-refractivity contribution in [3.63, 3.8) is 0 Å². The van der Waals surface area contributed by atoms with Crippen molar-refractivity contribution in [1.82, 2.24) is 4.98 Å². The zero-order valence-corrected chi connectivity index (χ0v) is 21.4. The van der Waals surface area contributed by atoms with Gasteiger partial charge in [0.1, 0.15) is 0 Å². The molecule has 2 heterocycles. The molecular weight excluding hydrogens is 465 g/mol. The number of thioether (sulfide) groups is 1. The van der Waals surface area contributed by atoms with Gasteiger partial charge in [0.25, 0.3) is 0 Å². The zero-order chi connectivity index (χ0) is 24.6. The van der Waals surface area contributed by atoms with Crippen molar-refractivity contribution in [2.45, 2.75) is 94.1 Å². The van der Waals surface area contributed by atoms with Crippen molar-refractivity contribution >= 4 is 17.5 Å². The van der Waals surface area contributed by atoms with Crippen LogP contribution in [0.3, 0.4) is 0 Å². The van der Waals surface area contributed by atoms with Crippen LogP contribution >= 0.6 is 11.8 Å². The van der Waals surface area contributed by atoms with Gasteiger partial charge in [0.05, 0.1) is 16.5 Å². The number of carbonyl (C=O) groups excluding carboxylic acids is 1. The van der Waals surface area contributed by atoms with E-state index in [0.717, 1.165) is 29.9 Å². The fourth-order valence-electron chi connectivity index (χ4n) is 7.98. The van der Waals surface area contributed by atoms with Crippen molar-refractivity contribution < 1.29 is 23.8 Å². The van der Waals surface area contributed by atoms with Gasteiger partial charge in [-0.2, -0.15) is 0 Å². The molecule has 5 nitrogen and oxygen atoms in total. The Labute approximate surface area is 210 Å². The van der Waals surface area contributed by atoms with E-state index in [2.05, 4.69) is 11.9 Å². The Kier molecular flexibility index (Phi) is 5.43. The van der Waals surface area contributed by atoms with Crippen LogP contribution < -0.4 is 0 Å². The summed E-state index contributed by atoms with van der Waals surface area (Å²) in [6, 6.07) is 5.93. The van der Waals surface area contributed by atoms with Crippen LogP contribution in [0.1, 0.15) is 65.7 Å². The van der Waals surface area contributed by atoms with Crippen LogP contribution in [0.15, 0.2) is 52.6 Å². The minimum absolute atomic E-state index is 0.142. The number of hydrogen-bond donors (Lipinski definition) is 1. The highest BCUT2D eigenvalue weighted by molar-refractivity contribution is 7.99. The van der Waals surface area contributed by atoms with Crippen LogP contribution in [0.25, 0.3) is 0 Å². The molecule has 4 aliphatic carbocycles. The monoisotopic (exact) mass is 499 g/mol. The Balaban J connectivity index is 1.37. The molecule has 3 fully saturated rings. The number of fused-ring (bicyclic) bond motifs is 6. The van der Waals surface area contributed by atoms with E-state index in [9.17, 15) is 9.90 Å². The van der Waals surface area contributed by atoms with Gasteiger partial charge in [0, 0.05) is 23.8 Å². The smallest absolute Gasteiger partial charge is 0.241 e. The van der Waals surface area contributed by atoms with Gasteiger partial charge in [-0.05, 0) is 80.6 Å². The highest BCUT2D eigenvalue weighted by Gasteiger charge is 2.73. The average molecular weight is 500 g/mol. The standard InChI is InChI=1S/C28H34FNO4S/c1-4-7-23-33-24-19(31)14-16-9-10-18-17-11-12-21(35-22-8-5-6-13-30-22)26(17,2)15-20(32)28(18,29)27(16,3)25(24)34-23/h5-6,8,13-14,17-18,20-21,23,32H,4,7,9-12,15H2,1-3H3/t17-,18-,20-,21+,23?,26-,27+,28-/m0/s1. The lowest BCUT2D eigenvalue weighted by Gasteiger charge is -2.62. The molecule has 6 rings (SSSR count). The van der Waals surface area contributed by atoms with Gasteiger partial charge < -0.3 is 14.6 Å². The van der Waals surface area contributed by atoms with E-state index in [-0.39, 0.29) is 34.0 Å². The van der Waals surface area contributed by atoms with E-state index < -0.39 is 23.5 Å². The molecule has 0 radical (unpaired) electrons. The molecule has 35 heavy (non-hydrogen) atoms. The quantitative estimate of drug-likeness (QED) is 0.570. The molecule has 1 aromatic rings. The third kappa shape index (κ3) is 3.09. The molecule has 0 bridgehead atoms. The fourth-order valence-corrected chi connectivity index (χ4v) is 9.34. The van der Waals surface area contributed by atoms with E-state index in [4.69, 9.17) is 9.47 Å². The summed E-state index contributed by atoms with van der Waals surface area (Å²) in [6.07, 6.45) is 6.65. The van der Waals surface area contributed by atoms with E-state index >= 15 is 4.39 Å². The number of aliphatic hydroxyl groups is 1. The summed E-state index contributed by atoms with van der Waals surface area (Å²) in [5.41, 5.74) is -2.58. The average Bonchev–Trinajstić information content (AvgIpc) is 3.40. The number of pyridine rings is 1. The zero-order valence-electron chi connectivity index (χ0n) is 20.6. The van der Waals surface area contributed by atoms with Gasteiger partial charge in [0.2, 0.25) is 17.8 Å². The maximum Gasteiger partial charge on any atom is 0.241 e. The van der Waals surface area contributed by atoms with Crippen LogP contribution in [0.5, 0.6) is 0 Å². The summed E-state index contributed by atoms with van der Waals surface area (Å²) >= 11 is 1.76. The van der Waals surface area contributed by atoms with Crippen LogP contribution in [-0.2, 0) is 14.3 Å². The minimum atomic E-state index is -1.92. The van der Waals surface area contributed by atoms with Crippen molar-refractivity contribution in [3.8, 4) is 0 Å². The summed E-state index contributed by atoms with van der Waals surface area (Å²) in [5.74, 6) is 0.0408. The molecule has 1 unspecified atom stereocenters. The maximum atomic E-state index is 17.8. The molecular formula is C28H34FNO4S. The Morgan fingerprint density at radius 3 is 2.77 bits per heavy atom. The van der Waals surface area contributed by atoms with Crippen LogP contribution in [-0.4, -0.2) is 39.2 Å². The highest BCUT2D eigenvalue weighted by Crippen LogP contribution is 2.71. The number of ether oxygens (including phenoxy) is 2. The van der Waals surface area contributed by atoms with E-state index in [0.29, 0.717) is 31.4 Å². The summed E-state index contributed by atoms with van der Waals surface area (Å²) < 4.78 is 29.8. The second-order valence-electron chi connectivity index (χ2n) is 11.4. The first-order valence-electron chi connectivity index (χ1n) is 13.0. The predicted molar refractivity (Wildman–Crippen MR) is 131 cm³/mol. The highest BCUT2D eigenvalue weighted by atomic mass is 32.2. The topological polar surface area (TPSA) is 68.7 Å². The molecule has 5 aliphatic rings. The number of ketones is 1. The van der Waals surface area contributed by atoms with Crippen LogP contribution in [0, 0.1) is 22.7 Å². The molecule has 0 aromatic carbocycles. The number of nitrogens with zero attached hydrogens (tertiary/aromatic N) is 1. The molecule has 3 saturated carbocycles. The molecule has 1 N–H and O–H groups in total. The SMILES string of the molecule is CCCC1OC2=C(O1)[C@@]1(C)C(=CC2=O)CC[C@H]2[C@@H]3CC[C@@H](Sc4ccccn4)[C@@]3(C)C[C@H](O)[C@@]21F. The van der Waals surface area contributed by atoms with E-state index in [1.54, 1.807) is 24.0 Å². The van der Waals surface area contributed by atoms with Crippen molar-refractivity contribution in [1.29, 1.82) is 0 Å². The van der Waals surface area contributed by atoms with E-state index in [1.807, 2.05) is 32.0 Å². The third-order valence-electron chi connectivity index (χ3n) is 9.71. The molecule has 1 aromatic heterocycles. The second kappa shape index (κ2) is 8.07. The first-order valence-corrected chi connectivity index (χ1v) is 13.9. The third-order valence-corrected chi connectivity index (χ3v) is 11.3. The van der Waals surface area contributed by atoms with E-state index in [1.165, 1.54) is 0 Å². The first kappa shape index (κ1) is 23.5. The maximum absolute atomic E-state index is 17.8. The van der Waals surface area contributed by atoms with Crippen molar-refractivity contribution in [2.24, 2.45) is 22.7 Å². The minimum Gasteiger partial charge on any atom is -0.454 e. The summed E-state index contributed by atoms with van der Waals surface area (Å²) in [4.78, 5) is 17.4. The molecule has 1 aliphatic heterocycles. The summed E-state index contributed by atoms with van der Waals surface area (Å²) in [5, 5.41) is 12.9. The van der Waals surface area contributed by atoms with Gasteiger partial charge in [-0.1, -0.05) is 19.9 Å². The fraction of sp³-hybridized carbons (Fsp3) is 0.643. The van der Waals surface area contributed by atoms with Gasteiger partial charge >= 0.3 is 0 Å². The van der Waals surface area contributed by atoms with Gasteiger partial charge in [-0.15, -0.1) is 11.8 Å². The summed E-state index contributed by atoms with van der Waals surface area (Å²) in [7, 11) is 0. The molecule has 7 heteroatoms. The number of halogens is 1. The number of carbonyl (C=O) groups is 1. The molecule has 0 spiro atoms. The Hall–Kier alpha value is -1.86. The number of aromatic nitrogens is 1.